The van der Waals surface area contributed by atoms with Crippen LogP contribution in [0.5, 0.6) is 0 Å². The molecule has 1 aliphatic heterocycles. The van der Waals surface area contributed by atoms with Crippen molar-refractivity contribution >= 4 is 27.3 Å². The Morgan fingerprint density at radius 2 is 1.61 bits per heavy atom. The number of nitrogens with one attached hydrogen (secondary N) is 1. The number of rotatable bonds is 6. The Hall–Kier alpha value is -1.89. The molecule has 178 valence electrons. The van der Waals surface area contributed by atoms with E-state index in [2.05, 4.69) is 22.3 Å². The van der Waals surface area contributed by atoms with Crippen LogP contribution in [-0.4, -0.2) is 50.7 Å². The molecule has 2 atom stereocenters. The van der Waals surface area contributed by atoms with Crippen LogP contribution in [-0.2, 0) is 16.3 Å². The highest BCUT2D eigenvalue weighted by Crippen LogP contribution is 2.29. The molecule has 1 aliphatic carbocycles. The van der Waals surface area contributed by atoms with Crippen LogP contribution < -0.4 is 5.32 Å². The Morgan fingerprint density at radius 3 is 2.24 bits per heavy atom. The second kappa shape index (κ2) is 10.6. The Bertz CT molecular complexity index is 1050. The maximum absolute atomic E-state index is 12.9. The van der Waals surface area contributed by atoms with Gasteiger partial charge in [-0.25, -0.2) is 8.42 Å². The third kappa shape index (κ3) is 6.37. The quantitative estimate of drug-likeness (QED) is 0.637. The average Bonchev–Trinajstić information content (AvgIpc) is 2.81. The van der Waals surface area contributed by atoms with Crippen molar-refractivity contribution < 1.29 is 13.2 Å². The van der Waals surface area contributed by atoms with E-state index in [4.69, 9.17) is 11.6 Å². The molecule has 2 aliphatic rings. The van der Waals surface area contributed by atoms with Gasteiger partial charge in [0.25, 0.3) is 5.91 Å². The van der Waals surface area contributed by atoms with Gasteiger partial charge in [0.05, 0.1) is 4.90 Å². The van der Waals surface area contributed by atoms with Gasteiger partial charge in [-0.3, -0.25) is 9.69 Å². The number of carbonyl (C=O) groups is 1. The lowest BCUT2D eigenvalue weighted by atomic mass is 9.85. The highest BCUT2D eigenvalue weighted by Gasteiger charge is 2.33. The fourth-order valence-corrected chi connectivity index (χ4v) is 6.02. The Kier molecular flexibility index (Phi) is 7.77. The summed E-state index contributed by atoms with van der Waals surface area (Å²) < 4.78 is 23.4. The summed E-state index contributed by atoms with van der Waals surface area (Å²) in [6.07, 6.45) is 9.04. The number of likely N-dealkylation sites (tertiary alicyclic amines) is 1. The summed E-state index contributed by atoms with van der Waals surface area (Å²) in [5.41, 5.74) is 1.86. The van der Waals surface area contributed by atoms with Gasteiger partial charge in [0, 0.05) is 28.9 Å². The molecule has 0 radical (unpaired) electrons. The van der Waals surface area contributed by atoms with Crippen molar-refractivity contribution in [3.8, 4) is 0 Å². The number of nitrogens with zero attached hydrogens (tertiary/aromatic N) is 1. The zero-order valence-corrected chi connectivity index (χ0v) is 20.7. The number of hydrogen-bond acceptors (Lipinski definition) is 4. The molecule has 0 bridgehead atoms. The number of carbonyl (C=O) groups excluding carboxylic acids is 1. The lowest BCUT2D eigenvalue weighted by Gasteiger charge is -2.43. The molecule has 1 saturated heterocycles. The van der Waals surface area contributed by atoms with Gasteiger partial charge < -0.3 is 5.32 Å². The van der Waals surface area contributed by atoms with Crippen molar-refractivity contribution in [3.63, 3.8) is 0 Å². The number of halogens is 1. The highest BCUT2D eigenvalue weighted by molar-refractivity contribution is 7.90. The zero-order chi connectivity index (χ0) is 23.4. The van der Waals surface area contributed by atoms with Crippen LogP contribution in [0.4, 0.5) is 0 Å². The van der Waals surface area contributed by atoms with Crippen molar-refractivity contribution in [2.24, 2.45) is 5.92 Å². The molecular formula is C26H33ClN2O3S. The summed E-state index contributed by atoms with van der Waals surface area (Å²) in [5, 5.41) is 4.04. The first kappa shape index (κ1) is 24.2. The van der Waals surface area contributed by atoms with Gasteiger partial charge in [-0.2, -0.15) is 0 Å². The van der Waals surface area contributed by atoms with Crippen LogP contribution in [0.2, 0.25) is 5.02 Å². The molecule has 0 spiro atoms. The number of amides is 1. The maximum atomic E-state index is 12.9. The smallest absolute Gasteiger partial charge is 0.251 e. The summed E-state index contributed by atoms with van der Waals surface area (Å²) in [6, 6.07) is 14.9. The van der Waals surface area contributed by atoms with Crippen LogP contribution in [0.25, 0.3) is 0 Å². The molecule has 2 aromatic rings. The summed E-state index contributed by atoms with van der Waals surface area (Å²) in [5.74, 6) is 0.567. The van der Waals surface area contributed by atoms with Gasteiger partial charge >= 0.3 is 0 Å². The normalized spacial score (nSPS) is 22.7. The third-order valence-corrected chi connectivity index (χ3v) is 8.53. The number of benzene rings is 2. The predicted octanol–water partition coefficient (Wildman–Crippen LogP) is 4.74. The average molecular weight is 489 g/mol. The molecule has 7 heteroatoms. The minimum absolute atomic E-state index is 0.121. The first-order valence-corrected chi connectivity index (χ1v) is 14.2. The Morgan fingerprint density at radius 1 is 0.970 bits per heavy atom. The van der Waals surface area contributed by atoms with Crippen molar-refractivity contribution in [2.45, 2.75) is 61.9 Å². The molecule has 1 amide bonds. The first-order chi connectivity index (χ1) is 15.8. The van der Waals surface area contributed by atoms with Crippen molar-refractivity contribution in [3.05, 3.63) is 64.7 Å². The lowest BCUT2D eigenvalue weighted by molar-refractivity contribution is 0.0706. The number of sulfone groups is 1. The second-order valence-electron chi connectivity index (χ2n) is 9.54. The monoisotopic (exact) mass is 488 g/mol. The maximum Gasteiger partial charge on any atom is 0.251 e. The molecule has 2 fully saturated rings. The Balaban J connectivity index is 1.33. The number of hydrogen-bond donors (Lipinski definition) is 1. The van der Waals surface area contributed by atoms with E-state index < -0.39 is 9.84 Å². The van der Waals surface area contributed by atoms with Crippen LogP contribution >= 0.6 is 11.6 Å². The molecule has 5 nitrogen and oxygen atoms in total. The molecule has 1 N–H and O–H groups in total. The SMILES string of the molecule is CS(=O)(=O)c1ccc(C(=O)NC2CCCCC2N2CCC(Cc3ccc(Cl)cc3)CC2)cc1. The fraction of sp³-hybridized carbons (Fsp3) is 0.500. The molecule has 33 heavy (non-hydrogen) atoms. The van der Waals surface area contributed by atoms with E-state index in [1.54, 1.807) is 12.1 Å². The van der Waals surface area contributed by atoms with E-state index in [1.165, 1.54) is 43.2 Å². The summed E-state index contributed by atoms with van der Waals surface area (Å²) >= 11 is 6.01. The summed E-state index contributed by atoms with van der Waals surface area (Å²) in [7, 11) is -3.27. The number of piperidine rings is 1. The molecule has 2 aromatic carbocycles. The minimum Gasteiger partial charge on any atom is -0.348 e. The van der Waals surface area contributed by atoms with Crippen LogP contribution in [0, 0.1) is 5.92 Å². The topological polar surface area (TPSA) is 66.5 Å². The molecule has 0 aromatic heterocycles. The van der Waals surface area contributed by atoms with Crippen LogP contribution in [0.1, 0.15) is 54.4 Å². The van der Waals surface area contributed by atoms with E-state index >= 15 is 0 Å². The van der Waals surface area contributed by atoms with Gasteiger partial charge in [-0.05, 0) is 93.1 Å². The van der Waals surface area contributed by atoms with Gasteiger partial charge in [0.2, 0.25) is 0 Å². The Labute approximate surface area is 202 Å². The molecular weight excluding hydrogens is 456 g/mol. The standard InChI is InChI=1S/C26H33ClN2O3S/c1-33(31,32)23-12-8-21(9-13-23)26(30)28-24-4-2-3-5-25(24)29-16-14-20(15-17-29)18-19-6-10-22(27)11-7-19/h6-13,20,24-25H,2-5,14-18H2,1H3,(H,28,30). The largest absolute Gasteiger partial charge is 0.348 e. The van der Waals surface area contributed by atoms with Crippen molar-refractivity contribution in [1.82, 2.24) is 10.2 Å². The summed E-state index contributed by atoms with van der Waals surface area (Å²) in [6.45, 7) is 2.14. The lowest BCUT2D eigenvalue weighted by Crippen LogP contribution is -2.55. The van der Waals surface area contributed by atoms with Crippen molar-refractivity contribution in [2.75, 3.05) is 19.3 Å². The van der Waals surface area contributed by atoms with Crippen molar-refractivity contribution in [1.29, 1.82) is 0 Å². The predicted molar refractivity (Wildman–Crippen MR) is 133 cm³/mol. The first-order valence-electron chi connectivity index (χ1n) is 11.9. The molecule has 1 saturated carbocycles. The van der Waals surface area contributed by atoms with Gasteiger partial charge in [-0.15, -0.1) is 0 Å². The molecule has 1 heterocycles. The third-order valence-electron chi connectivity index (χ3n) is 7.15. The zero-order valence-electron chi connectivity index (χ0n) is 19.2. The minimum atomic E-state index is -3.27. The van der Waals surface area contributed by atoms with Gasteiger partial charge in [0.15, 0.2) is 9.84 Å². The second-order valence-corrected chi connectivity index (χ2v) is 12.0. The highest BCUT2D eigenvalue weighted by atomic mass is 35.5. The molecule has 4 rings (SSSR count). The molecule has 2 unspecified atom stereocenters. The fourth-order valence-electron chi connectivity index (χ4n) is 5.26. The van der Waals surface area contributed by atoms with E-state index in [0.717, 1.165) is 43.8 Å². The van der Waals surface area contributed by atoms with Gasteiger partial charge in [0.1, 0.15) is 0 Å². The van der Waals surface area contributed by atoms with E-state index in [-0.39, 0.29) is 16.8 Å². The van der Waals surface area contributed by atoms with E-state index in [1.807, 2.05) is 12.1 Å². The van der Waals surface area contributed by atoms with Crippen LogP contribution in [0.3, 0.4) is 0 Å². The van der Waals surface area contributed by atoms with Gasteiger partial charge in [-0.1, -0.05) is 36.6 Å². The van der Waals surface area contributed by atoms with E-state index in [0.29, 0.717) is 17.5 Å². The van der Waals surface area contributed by atoms with Crippen LogP contribution in [0.15, 0.2) is 53.4 Å². The van der Waals surface area contributed by atoms with E-state index in [9.17, 15) is 13.2 Å². The summed E-state index contributed by atoms with van der Waals surface area (Å²) in [4.78, 5) is 15.7.